The van der Waals surface area contributed by atoms with Crippen molar-refractivity contribution in [3.8, 4) is 0 Å². The first-order chi connectivity index (χ1) is 8.82. The quantitative estimate of drug-likeness (QED) is 0.692. The lowest BCUT2D eigenvalue weighted by atomic mass is 10.0. The molecule has 0 radical (unpaired) electrons. The number of carbonyl (C=O) groups excluding carboxylic acids is 2. The van der Waals surface area contributed by atoms with Crippen molar-refractivity contribution < 1.29 is 19.5 Å². The smallest absolute Gasteiger partial charge is 0.354 e. The molecular weight excluding hydrogens is 250 g/mol. The molecule has 2 amide bonds. The van der Waals surface area contributed by atoms with Crippen molar-refractivity contribution in [1.29, 1.82) is 0 Å². The van der Waals surface area contributed by atoms with Crippen molar-refractivity contribution >= 4 is 17.8 Å². The van der Waals surface area contributed by atoms with E-state index in [-0.39, 0.29) is 17.3 Å². The normalized spacial score (nSPS) is 11.9. The monoisotopic (exact) mass is 265 g/mol. The number of aromatic nitrogens is 1. The molecule has 1 atom stereocenters. The van der Waals surface area contributed by atoms with Crippen LogP contribution in [0, 0.1) is 5.92 Å². The number of rotatable bonds is 5. The zero-order chi connectivity index (χ0) is 14.6. The Morgan fingerprint density at radius 1 is 1.26 bits per heavy atom. The molecule has 0 saturated carbocycles. The summed E-state index contributed by atoms with van der Waals surface area (Å²) in [6.07, 6.45) is 0. The van der Waals surface area contributed by atoms with Gasteiger partial charge in [-0.05, 0) is 18.1 Å². The van der Waals surface area contributed by atoms with E-state index in [1.54, 1.807) is 13.8 Å². The number of carboxylic acid groups (broad SMARTS) is 1. The number of amides is 2. The van der Waals surface area contributed by atoms with Crippen LogP contribution in [-0.2, 0) is 4.79 Å². The number of nitrogens with zero attached hydrogens (tertiary/aromatic N) is 1. The fourth-order valence-electron chi connectivity index (χ4n) is 1.46. The molecule has 1 rings (SSSR count). The van der Waals surface area contributed by atoms with E-state index >= 15 is 0 Å². The molecule has 1 heterocycles. The minimum atomic E-state index is -1.23. The van der Waals surface area contributed by atoms with Crippen LogP contribution in [0.5, 0.6) is 0 Å². The number of aromatic carboxylic acids is 1. The Morgan fingerprint density at radius 2 is 1.84 bits per heavy atom. The zero-order valence-electron chi connectivity index (χ0n) is 10.6. The third kappa shape index (κ3) is 3.77. The van der Waals surface area contributed by atoms with Gasteiger partial charge in [0.15, 0.2) is 0 Å². The van der Waals surface area contributed by atoms with Gasteiger partial charge in [-0.15, -0.1) is 0 Å². The van der Waals surface area contributed by atoms with Gasteiger partial charge in [-0.25, -0.2) is 9.78 Å². The van der Waals surface area contributed by atoms with E-state index in [2.05, 4.69) is 10.3 Å². The zero-order valence-corrected chi connectivity index (χ0v) is 10.6. The molecule has 0 fully saturated rings. The molecule has 1 aromatic heterocycles. The van der Waals surface area contributed by atoms with Gasteiger partial charge in [-0.2, -0.15) is 0 Å². The summed E-state index contributed by atoms with van der Waals surface area (Å²) >= 11 is 0. The molecule has 7 nitrogen and oxygen atoms in total. The number of primary amides is 1. The van der Waals surface area contributed by atoms with Crippen molar-refractivity contribution in [2.75, 3.05) is 0 Å². The molecule has 0 spiro atoms. The second-order valence-electron chi connectivity index (χ2n) is 4.31. The van der Waals surface area contributed by atoms with Gasteiger partial charge in [0, 0.05) is 0 Å². The number of carbonyl (C=O) groups is 3. The first-order valence-electron chi connectivity index (χ1n) is 5.63. The Kier molecular flexibility index (Phi) is 4.57. The van der Waals surface area contributed by atoms with Gasteiger partial charge in [-0.3, -0.25) is 9.59 Å². The van der Waals surface area contributed by atoms with Crippen molar-refractivity contribution in [3.05, 3.63) is 29.6 Å². The van der Waals surface area contributed by atoms with E-state index in [1.165, 1.54) is 18.2 Å². The maximum Gasteiger partial charge on any atom is 0.354 e. The van der Waals surface area contributed by atoms with Crippen LogP contribution >= 0.6 is 0 Å². The van der Waals surface area contributed by atoms with Crippen molar-refractivity contribution in [2.24, 2.45) is 11.7 Å². The average Bonchev–Trinajstić information content (AvgIpc) is 2.34. The van der Waals surface area contributed by atoms with Crippen molar-refractivity contribution in [3.63, 3.8) is 0 Å². The number of hydrogen-bond acceptors (Lipinski definition) is 4. The van der Waals surface area contributed by atoms with Crippen molar-refractivity contribution in [1.82, 2.24) is 10.3 Å². The largest absolute Gasteiger partial charge is 0.477 e. The molecule has 1 aromatic rings. The molecule has 0 aromatic carbocycles. The lowest BCUT2D eigenvalue weighted by molar-refractivity contribution is -0.120. The Labute approximate surface area is 109 Å². The summed E-state index contributed by atoms with van der Waals surface area (Å²) in [5.41, 5.74) is 4.85. The van der Waals surface area contributed by atoms with Crippen LogP contribution in [0.2, 0.25) is 0 Å². The highest BCUT2D eigenvalue weighted by Gasteiger charge is 2.23. The van der Waals surface area contributed by atoms with Gasteiger partial charge in [0.25, 0.3) is 5.91 Å². The molecule has 0 bridgehead atoms. The van der Waals surface area contributed by atoms with Gasteiger partial charge < -0.3 is 16.2 Å². The first kappa shape index (κ1) is 14.6. The number of nitrogens with one attached hydrogen (secondary N) is 1. The van der Waals surface area contributed by atoms with Crippen LogP contribution in [-0.4, -0.2) is 33.9 Å². The molecular formula is C12H15N3O4. The summed E-state index contributed by atoms with van der Waals surface area (Å²) in [6, 6.07) is 3.20. The predicted molar refractivity (Wildman–Crippen MR) is 66.5 cm³/mol. The number of nitrogens with two attached hydrogens (primary N) is 1. The van der Waals surface area contributed by atoms with E-state index in [0.717, 1.165) is 0 Å². The Morgan fingerprint density at radius 3 is 2.32 bits per heavy atom. The molecule has 0 aliphatic heterocycles. The van der Waals surface area contributed by atoms with Gasteiger partial charge in [0.2, 0.25) is 5.91 Å². The molecule has 7 heteroatoms. The van der Waals surface area contributed by atoms with E-state index in [0.29, 0.717) is 0 Å². The average molecular weight is 265 g/mol. The number of hydrogen-bond donors (Lipinski definition) is 3. The number of carboxylic acids is 1. The molecule has 19 heavy (non-hydrogen) atoms. The third-order valence-electron chi connectivity index (χ3n) is 2.46. The summed E-state index contributed by atoms with van der Waals surface area (Å²) in [7, 11) is 0. The summed E-state index contributed by atoms with van der Waals surface area (Å²) in [6.45, 7) is 3.47. The van der Waals surface area contributed by atoms with Gasteiger partial charge in [-0.1, -0.05) is 19.9 Å². The minimum absolute atomic E-state index is 0.0770. The Hall–Kier alpha value is -2.44. The third-order valence-corrected chi connectivity index (χ3v) is 2.46. The van der Waals surface area contributed by atoms with Crippen LogP contribution < -0.4 is 11.1 Å². The Bertz CT molecular complexity index is 513. The summed E-state index contributed by atoms with van der Waals surface area (Å²) in [5.74, 6) is -2.70. The predicted octanol–water partition coefficient (Wildman–Crippen LogP) is 0.0195. The highest BCUT2D eigenvalue weighted by Crippen LogP contribution is 2.04. The highest BCUT2D eigenvalue weighted by atomic mass is 16.4. The van der Waals surface area contributed by atoms with E-state index in [1.807, 2.05) is 0 Å². The highest BCUT2D eigenvalue weighted by molar-refractivity contribution is 5.97. The second kappa shape index (κ2) is 5.94. The minimum Gasteiger partial charge on any atom is -0.477 e. The fraction of sp³-hybridized carbons (Fsp3) is 0.333. The van der Waals surface area contributed by atoms with Gasteiger partial charge in [0.05, 0.1) is 0 Å². The molecule has 0 unspecified atom stereocenters. The van der Waals surface area contributed by atoms with Crippen molar-refractivity contribution in [2.45, 2.75) is 19.9 Å². The molecule has 0 saturated heterocycles. The van der Waals surface area contributed by atoms with Gasteiger partial charge >= 0.3 is 5.97 Å². The maximum absolute atomic E-state index is 11.9. The van der Waals surface area contributed by atoms with Gasteiger partial charge in [0.1, 0.15) is 17.4 Å². The van der Waals surface area contributed by atoms with Crippen LogP contribution in [0.15, 0.2) is 18.2 Å². The summed E-state index contributed by atoms with van der Waals surface area (Å²) in [5, 5.41) is 11.2. The van der Waals surface area contributed by atoms with E-state index in [9.17, 15) is 14.4 Å². The van der Waals surface area contributed by atoms with Crippen LogP contribution in [0.3, 0.4) is 0 Å². The SMILES string of the molecule is CC(C)[C@H](NC(=O)c1cccc(C(=O)O)n1)C(N)=O. The van der Waals surface area contributed by atoms with Crippen LogP contribution in [0.1, 0.15) is 34.8 Å². The van der Waals surface area contributed by atoms with Crippen LogP contribution in [0.25, 0.3) is 0 Å². The van der Waals surface area contributed by atoms with Crippen LogP contribution in [0.4, 0.5) is 0 Å². The lowest BCUT2D eigenvalue weighted by Crippen LogP contribution is -2.47. The fourth-order valence-corrected chi connectivity index (χ4v) is 1.46. The number of pyridine rings is 1. The van der Waals surface area contributed by atoms with E-state index < -0.39 is 23.8 Å². The molecule has 4 N–H and O–H groups in total. The second-order valence-corrected chi connectivity index (χ2v) is 4.31. The maximum atomic E-state index is 11.9. The van der Waals surface area contributed by atoms with E-state index in [4.69, 9.17) is 10.8 Å². The summed E-state index contributed by atoms with van der Waals surface area (Å²) < 4.78 is 0. The lowest BCUT2D eigenvalue weighted by Gasteiger charge is -2.18. The summed E-state index contributed by atoms with van der Waals surface area (Å²) in [4.78, 5) is 37.5. The molecule has 0 aliphatic carbocycles. The topological polar surface area (TPSA) is 122 Å². The Balaban J connectivity index is 2.91. The molecule has 102 valence electrons. The standard InChI is InChI=1S/C12H15N3O4/c1-6(2)9(10(13)16)15-11(17)7-4-3-5-8(14-7)12(18)19/h3-6,9H,1-2H3,(H2,13,16)(H,15,17)(H,18,19)/t9-/m0/s1. The first-order valence-corrected chi connectivity index (χ1v) is 5.63. The molecule has 0 aliphatic rings.